The van der Waals surface area contributed by atoms with Crippen LogP contribution < -0.4 is 0 Å². The van der Waals surface area contributed by atoms with Crippen LogP contribution in [0.25, 0.3) is 10.8 Å². The molecule has 0 aromatic heterocycles. The van der Waals surface area contributed by atoms with Crippen molar-refractivity contribution in [2.45, 2.75) is 11.0 Å². The third kappa shape index (κ3) is 5.15. The van der Waals surface area contributed by atoms with E-state index < -0.39 is 16.1 Å². The molecule has 1 heterocycles. The van der Waals surface area contributed by atoms with Crippen molar-refractivity contribution in [3.05, 3.63) is 78.4 Å². The molecule has 1 N–H and O–H groups in total. The summed E-state index contributed by atoms with van der Waals surface area (Å²) in [6.45, 7) is 1.29. The van der Waals surface area contributed by atoms with Gasteiger partial charge in [0.15, 0.2) is 0 Å². The third-order valence-electron chi connectivity index (χ3n) is 5.64. The molecule has 0 radical (unpaired) electrons. The number of sulfonamides is 1. The Morgan fingerprint density at radius 3 is 2.28 bits per heavy atom. The smallest absolute Gasteiger partial charge is 0.243 e. The fraction of sp³-hybridized carbons (Fsp3) is 0.292. The number of hydrogen-bond acceptors (Lipinski definition) is 5. The van der Waals surface area contributed by atoms with E-state index in [9.17, 15) is 18.3 Å². The Balaban J connectivity index is 1.29. The van der Waals surface area contributed by atoms with Crippen molar-refractivity contribution in [1.82, 2.24) is 9.21 Å². The Labute approximate surface area is 192 Å². The quantitative estimate of drug-likeness (QED) is 0.574. The van der Waals surface area contributed by atoms with Crippen LogP contribution in [-0.2, 0) is 14.8 Å². The minimum absolute atomic E-state index is 0.0296. The van der Waals surface area contributed by atoms with Gasteiger partial charge in [-0.1, -0.05) is 60.7 Å². The molecule has 0 aliphatic carbocycles. The normalized spacial score (nSPS) is 16.2. The number of hydrogen-bond donors (Lipinski definition) is 1. The van der Waals surface area contributed by atoms with Crippen LogP contribution in [0.2, 0.25) is 0 Å². The number of carbonyl (C=O) groups excluding carboxylic acids is 1. The topological polar surface area (TPSA) is 77.9 Å². The first-order valence-electron chi connectivity index (χ1n) is 10.5. The van der Waals surface area contributed by atoms with Gasteiger partial charge in [0.1, 0.15) is 0 Å². The Hall–Kier alpha value is -2.39. The van der Waals surface area contributed by atoms with Crippen LogP contribution in [0.4, 0.5) is 0 Å². The number of aliphatic hydroxyl groups excluding tert-OH is 1. The lowest BCUT2D eigenvalue weighted by Gasteiger charge is -2.34. The molecule has 1 aliphatic heterocycles. The van der Waals surface area contributed by atoms with Gasteiger partial charge >= 0.3 is 0 Å². The highest BCUT2D eigenvalue weighted by molar-refractivity contribution is 7.99. The first-order chi connectivity index (χ1) is 15.4. The fourth-order valence-electron chi connectivity index (χ4n) is 3.78. The van der Waals surface area contributed by atoms with E-state index in [4.69, 9.17) is 0 Å². The maximum Gasteiger partial charge on any atom is 0.243 e. The zero-order chi connectivity index (χ0) is 22.6. The lowest BCUT2D eigenvalue weighted by molar-refractivity contribution is -0.129. The predicted molar refractivity (Wildman–Crippen MR) is 128 cm³/mol. The van der Waals surface area contributed by atoms with Crippen molar-refractivity contribution in [3.63, 3.8) is 0 Å². The van der Waals surface area contributed by atoms with Crippen molar-refractivity contribution in [1.29, 1.82) is 0 Å². The van der Waals surface area contributed by atoms with Crippen LogP contribution in [0.3, 0.4) is 0 Å². The maximum absolute atomic E-state index is 13.1. The summed E-state index contributed by atoms with van der Waals surface area (Å²) in [5, 5.41) is 12.1. The zero-order valence-electron chi connectivity index (χ0n) is 17.6. The SMILES string of the molecule is O=C(CSCC(O)c1ccccc1)N1CCN(S(=O)(=O)c2ccc3ccccc3c2)CC1. The second-order valence-electron chi connectivity index (χ2n) is 7.74. The van der Waals surface area contributed by atoms with Gasteiger partial charge in [0.2, 0.25) is 15.9 Å². The Morgan fingerprint density at radius 2 is 1.56 bits per heavy atom. The summed E-state index contributed by atoms with van der Waals surface area (Å²) in [6.07, 6.45) is -0.613. The van der Waals surface area contributed by atoms with Crippen LogP contribution in [0.1, 0.15) is 11.7 Å². The van der Waals surface area contributed by atoms with Gasteiger partial charge in [0.05, 0.1) is 16.8 Å². The van der Waals surface area contributed by atoms with Crippen molar-refractivity contribution in [3.8, 4) is 0 Å². The van der Waals surface area contributed by atoms with E-state index in [0.29, 0.717) is 18.8 Å². The molecule has 1 amide bonds. The van der Waals surface area contributed by atoms with Crippen molar-refractivity contribution >= 4 is 38.5 Å². The monoisotopic (exact) mass is 470 g/mol. The lowest BCUT2D eigenvalue weighted by Crippen LogP contribution is -2.51. The molecule has 1 atom stereocenters. The van der Waals surface area contributed by atoms with Crippen LogP contribution >= 0.6 is 11.8 Å². The van der Waals surface area contributed by atoms with Gasteiger partial charge in [-0.25, -0.2) is 8.42 Å². The summed E-state index contributed by atoms with van der Waals surface area (Å²) in [4.78, 5) is 14.5. The number of nitrogens with zero attached hydrogens (tertiary/aromatic N) is 2. The summed E-state index contributed by atoms with van der Waals surface area (Å²) in [5.41, 5.74) is 0.833. The first kappa shape index (κ1) is 22.8. The van der Waals surface area contributed by atoms with Gasteiger partial charge in [0.25, 0.3) is 0 Å². The Bertz CT molecular complexity index is 1180. The Kier molecular flexibility index (Phi) is 7.15. The number of aliphatic hydroxyl groups is 1. The molecule has 168 valence electrons. The highest BCUT2D eigenvalue weighted by Gasteiger charge is 2.30. The first-order valence-corrected chi connectivity index (χ1v) is 13.1. The number of piperazine rings is 1. The van der Waals surface area contributed by atoms with Crippen molar-refractivity contribution in [2.75, 3.05) is 37.7 Å². The number of thioether (sulfide) groups is 1. The van der Waals surface area contributed by atoms with E-state index in [1.54, 1.807) is 17.0 Å². The highest BCUT2D eigenvalue weighted by atomic mass is 32.2. The summed E-state index contributed by atoms with van der Waals surface area (Å²) < 4.78 is 27.6. The fourth-order valence-corrected chi connectivity index (χ4v) is 6.12. The molecule has 1 unspecified atom stereocenters. The van der Waals surface area contributed by atoms with Gasteiger partial charge in [-0.15, -0.1) is 11.8 Å². The number of benzene rings is 3. The van der Waals surface area contributed by atoms with Gasteiger partial charge in [0, 0.05) is 31.9 Å². The van der Waals surface area contributed by atoms with E-state index >= 15 is 0 Å². The minimum Gasteiger partial charge on any atom is -0.388 e. The summed E-state index contributed by atoms with van der Waals surface area (Å²) in [6, 6.07) is 22.2. The zero-order valence-corrected chi connectivity index (χ0v) is 19.3. The largest absolute Gasteiger partial charge is 0.388 e. The number of amides is 1. The second kappa shape index (κ2) is 10.0. The van der Waals surface area contributed by atoms with Crippen LogP contribution in [0.5, 0.6) is 0 Å². The minimum atomic E-state index is -3.60. The molecular formula is C24H26N2O4S2. The van der Waals surface area contributed by atoms with E-state index in [0.717, 1.165) is 16.3 Å². The lowest BCUT2D eigenvalue weighted by atomic mass is 10.1. The predicted octanol–water partition coefficient (Wildman–Crippen LogP) is 3.14. The highest BCUT2D eigenvalue weighted by Crippen LogP contribution is 2.23. The molecule has 4 rings (SSSR count). The number of carbonyl (C=O) groups is 1. The van der Waals surface area contributed by atoms with Gasteiger partial charge in [-0.3, -0.25) is 4.79 Å². The van der Waals surface area contributed by atoms with Crippen LogP contribution in [-0.4, -0.2) is 66.3 Å². The molecule has 1 aliphatic rings. The Morgan fingerprint density at radius 1 is 0.906 bits per heavy atom. The van der Waals surface area contributed by atoms with Crippen molar-refractivity contribution < 1.29 is 18.3 Å². The molecule has 1 fully saturated rings. The standard InChI is InChI=1S/C24H26N2O4S2/c27-23(20-7-2-1-3-8-20)17-31-18-24(28)25-12-14-26(15-13-25)32(29,30)22-11-10-19-6-4-5-9-21(19)16-22/h1-11,16,23,27H,12-15,17-18H2. The van der Waals surface area contributed by atoms with E-state index in [1.807, 2.05) is 60.7 Å². The summed E-state index contributed by atoms with van der Waals surface area (Å²) >= 11 is 1.39. The van der Waals surface area contributed by atoms with Gasteiger partial charge < -0.3 is 10.0 Å². The summed E-state index contributed by atoms with van der Waals surface area (Å²) in [7, 11) is -3.60. The van der Waals surface area contributed by atoms with E-state index in [2.05, 4.69) is 0 Å². The molecule has 6 nitrogen and oxygen atoms in total. The molecule has 0 saturated carbocycles. The average molecular weight is 471 g/mol. The molecule has 3 aromatic carbocycles. The van der Waals surface area contributed by atoms with Crippen LogP contribution in [0, 0.1) is 0 Å². The van der Waals surface area contributed by atoms with Crippen LogP contribution in [0.15, 0.2) is 77.7 Å². The number of rotatable bonds is 7. The number of fused-ring (bicyclic) bond motifs is 1. The summed E-state index contributed by atoms with van der Waals surface area (Å²) in [5.74, 6) is 0.672. The average Bonchev–Trinajstić information content (AvgIpc) is 2.84. The molecule has 3 aromatic rings. The molecule has 8 heteroatoms. The molecule has 0 spiro atoms. The second-order valence-corrected chi connectivity index (χ2v) is 10.7. The molecular weight excluding hydrogens is 444 g/mol. The van der Waals surface area contributed by atoms with Gasteiger partial charge in [-0.2, -0.15) is 4.31 Å². The maximum atomic E-state index is 13.1. The molecule has 32 heavy (non-hydrogen) atoms. The van der Waals surface area contributed by atoms with Crippen molar-refractivity contribution in [2.24, 2.45) is 0 Å². The third-order valence-corrected chi connectivity index (χ3v) is 8.53. The van der Waals surface area contributed by atoms with E-state index in [1.165, 1.54) is 16.1 Å². The molecule has 1 saturated heterocycles. The van der Waals surface area contributed by atoms with Gasteiger partial charge in [-0.05, 0) is 28.5 Å². The van der Waals surface area contributed by atoms with E-state index in [-0.39, 0.29) is 29.6 Å². The molecule has 0 bridgehead atoms.